The molecule has 0 aliphatic carbocycles. The van der Waals surface area contributed by atoms with Crippen molar-refractivity contribution in [1.82, 2.24) is 9.97 Å². The molecule has 1 aromatic heterocycles. The van der Waals surface area contributed by atoms with Crippen molar-refractivity contribution in [3.8, 4) is 23.1 Å². The van der Waals surface area contributed by atoms with Gasteiger partial charge in [-0.1, -0.05) is 56.6 Å². The number of rotatable bonds is 11. The number of hydrogen-bond acceptors (Lipinski definition) is 9. The van der Waals surface area contributed by atoms with Crippen molar-refractivity contribution >= 4 is 39.4 Å². The van der Waals surface area contributed by atoms with Crippen LogP contribution in [0.25, 0.3) is 0 Å². The zero-order valence-electron chi connectivity index (χ0n) is 24.3. The van der Waals surface area contributed by atoms with Gasteiger partial charge in [-0.15, -0.1) is 0 Å². The number of para-hydroxylation sites is 1. The summed E-state index contributed by atoms with van der Waals surface area (Å²) in [6.45, 7) is 5.56. The first-order valence-electron chi connectivity index (χ1n) is 13.2. The van der Waals surface area contributed by atoms with Crippen molar-refractivity contribution in [2.45, 2.75) is 31.1 Å². The first kappa shape index (κ1) is 32.3. The highest BCUT2D eigenvalue weighted by Gasteiger charge is 2.21. The molecule has 4 rings (SSSR count). The maximum absolute atomic E-state index is 13.8. The second-order valence-electron chi connectivity index (χ2n) is 10.2. The van der Waals surface area contributed by atoms with Gasteiger partial charge >= 0.3 is 6.09 Å². The lowest BCUT2D eigenvalue weighted by atomic mass is 9.87. The molecule has 1 amide bonds. The molecule has 11 nitrogen and oxygen atoms in total. The standard InChI is InChI=1S/C30H30ClFN4O7S/c1-30(2,3)19-9-12-21(13-10-19)44(38,39)36-28-33-18-26(43-25-17-20(40-4)11-14-22(25)31)27(35-28)41-15-16-42-29(37)34-24-8-6-5-7-23(24)32/h5-14,17-18H,15-16H2,1-4H3,(H,34,37)(H,33,35,36). The number of anilines is 2. The lowest BCUT2D eigenvalue weighted by molar-refractivity contribution is 0.135. The molecule has 3 aromatic carbocycles. The molecule has 0 atom stereocenters. The van der Waals surface area contributed by atoms with E-state index in [4.69, 9.17) is 30.5 Å². The summed E-state index contributed by atoms with van der Waals surface area (Å²) in [6, 6.07) is 16.8. The largest absolute Gasteiger partial charge is 0.497 e. The fourth-order valence-electron chi connectivity index (χ4n) is 3.68. The second-order valence-corrected chi connectivity index (χ2v) is 12.3. The van der Waals surface area contributed by atoms with Crippen molar-refractivity contribution in [3.05, 3.63) is 89.3 Å². The summed E-state index contributed by atoms with van der Waals surface area (Å²) in [6.07, 6.45) is 0.289. The van der Waals surface area contributed by atoms with Gasteiger partial charge in [-0.3, -0.25) is 5.32 Å². The third-order valence-electron chi connectivity index (χ3n) is 6.00. The average molecular weight is 645 g/mol. The van der Waals surface area contributed by atoms with Crippen LogP contribution in [-0.2, 0) is 20.2 Å². The zero-order valence-corrected chi connectivity index (χ0v) is 25.8. The molecule has 232 valence electrons. The fourth-order valence-corrected chi connectivity index (χ4v) is 4.79. The predicted octanol–water partition coefficient (Wildman–Crippen LogP) is 6.80. The van der Waals surface area contributed by atoms with Gasteiger partial charge in [0.15, 0.2) is 0 Å². The Balaban J connectivity index is 1.52. The number of carbonyl (C=O) groups excluding carboxylic acids is 1. The van der Waals surface area contributed by atoms with Crippen molar-refractivity contribution in [1.29, 1.82) is 0 Å². The third-order valence-corrected chi connectivity index (χ3v) is 7.66. The van der Waals surface area contributed by atoms with E-state index >= 15 is 0 Å². The number of nitrogens with zero attached hydrogens (tertiary/aromatic N) is 2. The van der Waals surface area contributed by atoms with E-state index in [1.54, 1.807) is 30.3 Å². The van der Waals surface area contributed by atoms with Gasteiger partial charge in [0.25, 0.3) is 15.9 Å². The molecule has 2 N–H and O–H groups in total. The van der Waals surface area contributed by atoms with Crippen molar-refractivity contribution in [2.24, 2.45) is 0 Å². The van der Waals surface area contributed by atoms with Crippen LogP contribution in [0, 0.1) is 5.82 Å². The van der Waals surface area contributed by atoms with E-state index in [9.17, 15) is 17.6 Å². The molecule has 4 aromatic rings. The minimum atomic E-state index is -4.07. The summed E-state index contributed by atoms with van der Waals surface area (Å²) in [5, 5.41) is 2.53. The molecular weight excluding hydrogens is 615 g/mol. The zero-order chi connectivity index (χ0) is 31.9. The summed E-state index contributed by atoms with van der Waals surface area (Å²) in [7, 11) is -2.59. The van der Waals surface area contributed by atoms with E-state index in [0.29, 0.717) is 5.75 Å². The Hall–Kier alpha value is -4.62. The molecule has 0 radical (unpaired) electrons. The summed E-state index contributed by atoms with van der Waals surface area (Å²) in [5.41, 5.74) is 0.755. The molecule has 1 heterocycles. The van der Waals surface area contributed by atoms with Crippen LogP contribution in [0.5, 0.6) is 23.1 Å². The van der Waals surface area contributed by atoms with Gasteiger partial charge in [-0.05, 0) is 47.4 Å². The highest BCUT2D eigenvalue weighted by Crippen LogP contribution is 2.36. The molecule has 0 saturated carbocycles. The fraction of sp³-hybridized carbons (Fsp3) is 0.233. The second kappa shape index (κ2) is 13.8. The predicted molar refractivity (Wildman–Crippen MR) is 163 cm³/mol. The molecule has 0 fully saturated rings. The Morgan fingerprint density at radius 1 is 1.00 bits per heavy atom. The van der Waals surface area contributed by atoms with Gasteiger partial charge in [0.05, 0.1) is 28.9 Å². The van der Waals surface area contributed by atoms with Crippen LogP contribution in [-0.4, -0.2) is 44.8 Å². The van der Waals surface area contributed by atoms with Gasteiger partial charge in [-0.25, -0.2) is 27.3 Å². The Bertz CT molecular complexity index is 1730. The Labute approximate surface area is 259 Å². The molecular formula is C30H30ClFN4O7S. The highest BCUT2D eigenvalue weighted by atomic mass is 35.5. The molecule has 0 aliphatic rings. The number of hydrogen-bond donors (Lipinski definition) is 2. The van der Waals surface area contributed by atoms with Gasteiger partial charge in [0, 0.05) is 6.07 Å². The van der Waals surface area contributed by atoms with Crippen LogP contribution in [0.4, 0.5) is 20.8 Å². The number of carbonyl (C=O) groups is 1. The van der Waals surface area contributed by atoms with Gasteiger partial charge < -0.3 is 18.9 Å². The first-order chi connectivity index (χ1) is 20.9. The van der Waals surface area contributed by atoms with Crippen LogP contribution >= 0.6 is 11.6 Å². The minimum Gasteiger partial charge on any atom is -0.497 e. The number of halogens is 2. The summed E-state index contributed by atoms with van der Waals surface area (Å²) in [4.78, 5) is 20.4. The molecule has 0 saturated heterocycles. The van der Waals surface area contributed by atoms with Gasteiger partial charge in [0.1, 0.15) is 30.5 Å². The lowest BCUT2D eigenvalue weighted by Gasteiger charge is -2.19. The van der Waals surface area contributed by atoms with E-state index in [1.165, 1.54) is 49.7 Å². The minimum absolute atomic E-state index is 0.00863. The quantitative estimate of drug-likeness (QED) is 0.169. The SMILES string of the molecule is COc1ccc(Cl)c(Oc2cnc(NS(=O)(=O)c3ccc(C(C)(C)C)cc3)nc2OCCOC(=O)Nc2ccccc2F)c1. The molecule has 0 spiro atoms. The summed E-state index contributed by atoms with van der Waals surface area (Å²) < 4.78 is 64.1. The lowest BCUT2D eigenvalue weighted by Crippen LogP contribution is -2.19. The van der Waals surface area contributed by atoms with Crippen molar-refractivity contribution < 1.29 is 36.6 Å². The number of ether oxygens (including phenoxy) is 4. The normalized spacial score (nSPS) is 11.4. The topological polar surface area (TPSA) is 138 Å². The van der Waals surface area contributed by atoms with Crippen LogP contribution in [0.1, 0.15) is 26.3 Å². The maximum Gasteiger partial charge on any atom is 0.411 e. The summed E-state index contributed by atoms with van der Waals surface area (Å²) >= 11 is 6.28. The molecule has 14 heteroatoms. The number of methoxy groups -OCH3 is 1. The highest BCUT2D eigenvalue weighted by molar-refractivity contribution is 7.92. The van der Waals surface area contributed by atoms with E-state index in [1.807, 2.05) is 20.8 Å². The molecule has 44 heavy (non-hydrogen) atoms. The van der Waals surface area contributed by atoms with Crippen LogP contribution in [0.3, 0.4) is 0 Å². The maximum atomic E-state index is 13.8. The number of aromatic nitrogens is 2. The smallest absolute Gasteiger partial charge is 0.411 e. The van der Waals surface area contributed by atoms with Crippen LogP contribution < -0.4 is 24.2 Å². The number of benzene rings is 3. The van der Waals surface area contributed by atoms with Crippen molar-refractivity contribution in [2.75, 3.05) is 30.4 Å². The van der Waals surface area contributed by atoms with Crippen molar-refractivity contribution in [3.63, 3.8) is 0 Å². The van der Waals surface area contributed by atoms with E-state index in [2.05, 4.69) is 20.0 Å². The Kier molecular flexibility index (Phi) is 10.1. The average Bonchev–Trinajstić information content (AvgIpc) is 2.98. The molecule has 0 unspecified atom stereocenters. The van der Waals surface area contributed by atoms with Gasteiger partial charge in [0.2, 0.25) is 11.7 Å². The van der Waals surface area contributed by atoms with E-state index in [0.717, 1.165) is 5.56 Å². The Morgan fingerprint density at radius 2 is 1.73 bits per heavy atom. The molecule has 0 bridgehead atoms. The van der Waals surface area contributed by atoms with E-state index < -0.39 is 21.9 Å². The Morgan fingerprint density at radius 3 is 2.41 bits per heavy atom. The number of nitrogens with one attached hydrogen (secondary N) is 2. The van der Waals surface area contributed by atoms with E-state index in [-0.39, 0.29) is 57.6 Å². The molecule has 0 aliphatic heterocycles. The number of amides is 1. The summed E-state index contributed by atoms with van der Waals surface area (Å²) in [5.74, 6) is -0.482. The first-order valence-corrected chi connectivity index (χ1v) is 15.0. The third kappa shape index (κ3) is 8.48. The monoisotopic (exact) mass is 644 g/mol. The van der Waals surface area contributed by atoms with Crippen LogP contribution in [0.15, 0.2) is 77.8 Å². The number of sulfonamides is 1. The van der Waals surface area contributed by atoms with Gasteiger partial charge in [-0.2, -0.15) is 4.98 Å². The van der Waals surface area contributed by atoms with Crippen LogP contribution in [0.2, 0.25) is 5.02 Å².